The van der Waals surface area contributed by atoms with Crippen LogP contribution in [0.25, 0.3) is 0 Å². The Hall–Kier alpha value is 0.347. The lowest BCUT2D eigenvalue weighted by molar-refractivity contribution is -0.00834. The van der Waals surface area contributed by atoms with Gasteiger partial charge in [-0.25, -0.2) is 0 Å². The fourth-order valence-corrected chi connectivity index (χ4v) is 4.61. The van der Waals surface area contributed by atoms with E-state index < -0.39 is 8.56 Å². The second-order valence-corrected chi connectivity index (χ2v) is 9.35. The summed E-state index contributed by atoms with van der Waals surface area (Å²) >= 11 is 6.44. The SMILES string of the molecule is CCC(Cl)[Si](C)(OC(C)N(C)C)OC(C)N(C)C. The molecule has 0 aromatic carbocycles. The third-order valence-electron chi connectivity index (χ3n) is 3.19. The van der Waals surface area contributed by atoms with Gasteiger partial charge < -0.3 is 8.85 Å². The van der Waals surface area contributed by atoms with Crippen LogP contribution in [-0.2, 0) is 8.85 Å². The lowest BCUT2D eigenvalue weighted by Crippen LogP contribution is -2.55. The summed E-state index contributed by atoms with van der Waals surface area (Å²) in [6.07, 6.45) is 0.859. The Morgan fingerprint density at radius 3 is 1.56 bits per heavy atom. The molecule has 0 aromatic heterocycles. The first-order chi connectivity index (χ1) is 8.14. The molecule has 0 aliphatic rings. The molecule has 0 aromatic rings. The summed E-state index contributed by atoms with van der Waals surface area (Å²) in [5.74, 6) is 0. The maximum absolute atomic E-state index is 6.44. The molecule has 110 valence electrons. The molecule has 0 fully saturated rings. The molecule has 0 radical (unpaired) electrons. The molecule has 4 nitrogen and oxygen atoms in total. The van der Waals surface area contributed by atoms with Crippen molar-refractivity contribution in [1.82, 2.24) is 9.80 Å². The van der Waals surface area contributed by atoms with Gasteiger partial charge in [-0.3, -0.25) is 9.80 Å². The van der Waals surface area contributed by atoms with Gasteiger partial charge >= 0.3 is 8.56 Å². The van der Waals surface area contributed by atoms with E-state index in [0.717, 1.165) is 6.42 Å². The molecule has 18 heavy (non-hydrogen) atoms. The van der Waals surface area contributed by atoms with E-state index in [2.05, 4.69) is 6.92 Å². The average molecular weight is 297 g/mol. The van der Waals surface area contributed by atoms with Crippen LogP contribution in [0.15, 0.2) is 0 Å². The summed E-state index contributed by atoms with van der Waals surface area (Å²) < 4.78 is 12.3. The highest BCUT2D eigenvalue weighted by Crippen LogP contribution is 2.24. The summed E-state index contributed by atoms with van der Waals surface area (Å²) in [6, 6.07) is 0. The van der Waals surface area contributed by atoms with Crippen molar-refractivity contribution in [1.29, 1.82) is 0 Å². The van der Waals surface area contributed by atoms with Crippen LogP contribution in [0.3, 0.4) is 0 Å². The van der Waals surface area contributed by atoms with Crippen LogP contribution in [0.2, 0.25) is 6.55 Å². The zero-order chi connectivity index (χ0) is 14.5. The Morgan fingerprint density at radius 2 is 1.33 bits per heavy atom. The second kappa shape index (κ2) is 7.82. The van der Waals surface area contributed by atoms with E-state index in [9.17, 15) is 0 Å². The van der Waals surface area contributed by atoms with Crippen molar-refractivity contribution in [2.24, 2.45) is 0 Å². The number of hydrogen-bond acceptors (Lipinski definition) is 4. The predicted octanol–water partition coefficient (Wildman–Crippen LogP) is 2.46. The minimum atomic E-state index is -2.42. The first-order valence-corrected chi connectivity index (χ1v) is 9.29. The number of alkyl halides is 1. The highest BCUT2D eigenvalue weighted by atomic mass is 35.5. The molecule has 0 heterocycles. The van der Waals surface area contributed by atoms with Crippen LogP contribution in [0.1, 0.15) is 27.2 Å². The Morgan fingerprint density at radius 1 is 1.00 bits per heavy atom. The number of hydrogen-bond donors (Lipinski definition) is 0. The fraction of sp³-hybridized carbons (Fsp3) is 1.00. The van der Waals surface area contributed by atoms with Crippen LogP contribution in [0, 0.1) is 0 Å². The molecular weight excluding hydrogens is 268 g/mol. The van der Waals surface area contributed by atoms with Gasteiger partial charge in [0.2, 0.25) is 0 Å². The largest absolute Gasteiger partial charge is 0.377 e. The van der Waals surface area contributed by atoms with Crippen molar-refractivity contribution in [3.8, 4) is 0 Å². The Balaban J connectivity index is 4.83. The van der Waals surface area contributed by atoms with E-state index >= 15 is 0 Å². The van der Waals surface area contributed by atoms with Crippen LogP contribution in [0.4, 0.5) is 0 Å². The number of rotatable bonds is 8. The molecule has 3 unspecified atom stereocenters. The molecule has 0 N–H and O–H groups in total. The fourth-order valence-electron chi connectivity index (χ4n) is 1.43. The third kappa shape index (κ3) is 5.55. The van der Waals surface area contributed by atoms with E-state index in [1.54, 1.807) is 0 Å². The molecule has 0 saturated carbocycles. The Bertz CT molecular complexity index is 226. The lowest BCUT2D eigenvalue weighted by Gasteiger charge is -2.38. The number of halogens is 1. The van der Waals surface area contributed by atoms with E-state index in [0.29, 0.717) is 0 Å². The Kier molecular flexibility index (Phi) is 7.97. The molecule has 0 aliphatic heterocycles. The molecule has 0 bridgehead atoms. The van der Waals surface area contributed by atoms with Crippen molar-refractivity contribution < 1.29 is 8.85 Å². The van der Waals surface area contributed by atoms with Gasteiger partial charge in [-0.2, -0.15) is 0 Å². The third-order valence-corrected chi connectivity index (χ3v) is 7.85. The summed E-state index contributed by atoms with van der Waals surface area (Å²) in [5, 5.41) is -0.0534. The first-order valence-electron chi connectivity index (χ1n) is 6.46. The van der Waals surface area contributed by atoms with Gasteiger partial charge in [-0.05, 0) is 55.0 Å². The monoisotopic (exact) mass is 296 g/mol. The van der Waals surface area contributed by atoms with Gasteiger partial charge in [0.25, 0.3) is 0 Å². The average Bonchev–Trinajstić information content (AvgIpc) is 2.27. The van der Waals surface area contributed by atoms with Crippen LogP contribution in [-0.4, -0.2) is 64.0 Å². The van der Waals surface area contributed by atoms with Crippen LogP contribution in [0.5, 0.6) is 0 Å². The minimum Gasteiger partial charge on any atom is -0.377 e. The highest BCUT2D eigenvalue weighted by molar-refractivity contribution is 6.75. The van der Waals surface area contributed by atoms with Crippen molar-refractivity contribution >= 4 is 20.2 Å². The van der Waals surface area contributed by atoms with Crippen molar-refractivity contribution in [3.63, 3.8) is 0 Å². The van der Waals surface area contributed by atoms with E-state index in [1.807, 2.05) is 58.4 Å². The van der Waals surface area contributed by atoms with Gasteiger partial charge in [0.1, 0.15) is 0 Å². The molecule has 0 aliphatic carbocycles. The predicted molar refractivity (Wildman–Crippen MR) is 80.0 cm³/mol. The first kappa shape index (κ1) is 18.3. The molecular formula is C12H29ClN2O2Si. The highest BCUT2D eigenvalue weighted by Gasteiger charge is 2.43. The van der Waals surface area contributed by atoms with E-state index in [-0.39, 0.29) is 17.5 Å². The van der Waals surface area contributed by atoms with Crippen molar-refractivity contribution in [2.45, 2.75) is 51.2 Å². The Labute approximate surface area is 118 Å². The molecule has 6 heteroatoms. The normalized spacial score (nSPS) is 20.8. The van der Waals surface area contributed by atoms with Crippen LogP contribution >= 0.6 is 11.6 Å². The molecule has 0 rings (SSSR count). The van der Waals surface area contributed by atoms with Gasteiger partial charge in [0.15, 0.2) is 0 Å². The topological polar surface area (TPSA) is 24.9 Å². The second-order valence-electron chi connectivity index (χ2n) is 5.25. The standard InChI is InChI=1S/C12H29ClN2O2Si/c1-9-12(13)18(8,16-10(2)14(4)5)17-11(3)15(6)7/h10-12H,9H2,1-8H3. The van der Waals surface area contributed by atoms with E-state index in [1.165, 1.54) is 0 Å². The molecule has 0 amide bonds. The quantitative estimate of drug-likeness (QED) is 0.390. The van der Waals surface area contributed by atoms with E-state index in [4.69, 9.17) is 20.5 Å². The summed E-state index contributed by atoms with van der Waals surface area (Å²) in [7, 11) is 5.54. The minimum absolute atomic E-state index is 0.00355. The maximum Gasteiger partial charge on any atom is 0.355 e. The van der Waals surface area contributed by atoms with Crippen molar-refractivity contribution in [2.75, 3.05) is 28.2 Å². The smallest absolute Gasteiger partial charge is 0.355 e. The summed E-state index contributed by atoms with van der Waals surface area (Å²) in [6.45, 7) is 8.16. The van der Waals surface area contributed by atoms with Crippen molar-refractivity contribution in [3.05, 3.63) is 0 Å². The molecule has 0 saturated heterocycles. The van der Waals surface area contributed by atoms with Gasteiger partial charge in [0, 0.05) is 0 Å². The molecule has 3 atom stereocenters. The van der Waals surface area contributed by atoms with Crippen LogP contribution < -0.4 is 0 Å². The summed E-state index contributed by atoms with van der Waals surface area (Å²) in [5.41, 5.74) is 0. The molecule has 0 spiro atoms. The summed E-state index contributed by atoms with van der Waals surface area (Å²) in [4.78, 5) is 4.04. The maximum atomic E-state index is 6.44. The zero-order valence-electron chi connectivity index (χ0n) is 13.0. The van der Waals surface area contributed by atoms with Gasteiger partial charge in [0.05, 0.1) is 17.5 Å². The lowest BCUT2D eigenvalue weighted by atomic mass is 10.6. The van der Waals surface area contributed by atoms with Gasteiger partial charge in [-0.15, -0.1) is 11.6 Å². The number of nitrogens with zero attached hydrogens (tertiary/aromatic N) is 2. The zero-order valence-corrected chi connectivity index (χ0v) is 14.8. The van der Waals surface area contributed by atoms with Gasteiger partial charge in [-0.1, -0.05) is 6.92 Å².